The molecule has 2 aromatic carbocycles. The molecular weight excluding hydrogens is 490 g/mol. The summed E-state index contributed by atoms with van der Waals surface area (Å²) in [6.07, 6.45) is 11.4. The van der Waals surface area contributed by atoms with Crippen molar-refractivity contribution in [3.8, 4) is 33.7 Å². The van der Waals surface area contributed by atoms with Gasteiger partial charge in [-0.2, -0.15) is 5.10 Å². The zero-order chi connectivity index (χ0) is 25.4. The quantitative estimate of drug-likeness (QED) is 0.346. The van der Waals surface area contributed by atoms with E-state index in [0.29, 0.717) is 22.7 Å². The number of sulfonamides is 1. The number of nitrogens with zero attached hydrogens (tertiary/aromatic N) is 6. The number of oxazole rings is 1. The zero-order valence-corrected chi connectivity index (χ0v) is 20.3. The van der Waals surface area contributed by atoms with Crippen LogP contribution in [0.3, 0.4) is 0 Å². The third kappa shape index (κ3) is 4.55. The third-order valence-corrected chi connectivity index (χ3v) is 7.15. The van der Waals surface area contributed by atoms with Crippen LogP contribution in [0.4, 0.5) is 5.69 Å². The summed E-state index contributed by atoms with van der Waals surface area (Å²) in [5, 5.41) is 4.19. The molecule has 37 heavy (non-hydrogen) atoms. The minimum atomic E-state index is -3.83. The van der Waals surface area contributed by atoms with Gasteiger partial charge in [0.15, 0.2) is 12.2 Å². The van der Waals surface area contributed by atoms with E-state index in [9.17, 15) is 8.42 Å². The molecule has 0 radical (unpaired) electrons. The summed E-state index contributed by atoms with van der Waals surface area (Å²) in [6.45, 7) is 0. The summed E-state index contributed by atoms with van der Waals surface area (Å²) >= 11 is 0. The average Bonchev–Trinajstić information content (AvgIpc) is 3.60. The first-order valence-corrected chi connectivity index (χ1v) is 12.7. The molecular formula is C26H19N7O3S. The van der Waals surface area contributed by atoms with Crippen LogP contribution in [0.5, 0.6) is 0 Å². The number of aromatic nitrogens is 6. The van der Waals surface area contributed by atoms with Crippen LogP contribution in [0, 0.1) is 0 Å². The van der Waals surface area contributed by atoms with Gasteiger partial charge in [-0.05, 0) is 48.0 Å². The highest BCUT2D eigenvalue weighted by molar-refractivity contribution is 7.92. The number of rotatable bonds is 6. The molecule has 6 rings (SSSR count). The molecule has 10 nitrogen and oxygen atoms in total. The van der Waals surface area contributed by atoms with E-state index < -0.39 is 10.0 Å². The maximum absolute atomic E-state index is 13.0. The van der Waals surface area contributed by atoms with Crippen molar-refractivity contribution in [2.45, 2.75) is 4.90 Å². The molecule has 0 saturated heterocycles. The Morgan fingerprint density at radius 1 is 0.811 bits per heavy atom. The number of pyridine rings is 1. The summed E-state index contributed by atoms with van der Waals surface area (Å²) in [4.78, 5) is 17.5. The first kappa shape index (κ1) is 22.6. The maximum Gasteiger partial charge on any atom is 0.261 e. The Kier molecular flexibility index (Phi) is 5.46. The lowest BCUT2D eigenvalue weighted by atomic mass is 10.1. The molecule has 0 atom stereocenters. The molecule has 0 saturated carbocycles. The van der Waals surface area contributed by atoms with Crippen molar-refractivity contribution in [3.05, 3.63) is 92.1 Å². The molecule has 0 aliphatic carbocycles. The topological polar surface area (TPSA) is 129 Å². The molecule has 0 aliphatic rings. The van der Waals surface area contributed by atoms with E-state index in [1.165, 1.54) is 24.7 Å². The van der Waals surface area contributed by atoms with Gasteiger partial charge in [-0.15, -0.1) is 0 Å². The molecule has 0 amide bonds. The fourth-order valence-electron chi connectivity index (χ4n) is 3.91. The fraction of sp³-hybridized carbons (Fsp3) is 0.0385. The van der Waals surface area contributed by atoms with E-state index in [2.05, 4.69) is 24.8 Å². The summed E-state index contributed by atoms with van der Waals surface area (Å²) in [6, 6.07) is 13.8. The molecule has 0 aliphatic heterocycles. The van der Waals surface area contributed by atoms with Gasteiger partial charge in [0.2, 0.25) is 0 Å². The molecule has 0 unspecified atom stereocenters. The lowest BCUT2D eigenvalue weighted by Gasteiger charge is -2.10. The van der Waals surface area contributed by atoms with Crippen molar-refractivity contribution in [1.82, 2.24) is 29.7 Å². The first-order valence-electron chi connectivity index (χ1n) is 11.2. The van der Waals surface area contributed by atoms with Crippen molar-refractivity contribution in [3.63, 3.8) is 0 Å². The van der Waals surface area contributed by atoms with Gasteiger partial charge >= 0.3 is 0 Å². The van der Waals surface area contributed by atoms with Gasteiger partial charge in [-0.25, -0.2) is 18.4 Å². The van der Waals surface area contributed by atoms with Crippen LogP contribution in [0.25, 0.3) is 44.7 Å². The molecule has 0 bridgehead atoms. The molecule has 4 aromatic heterocycles. The van der Waals surface area contributed by atoms with E-state index in [0.717, 1.165) is 27.8 Å². The molecule has 4 heterocycles. The van der Waals surface area contributed by atoms with Crippen LogP contribution in [-0.2, 0) is 17.1 Å². The minimum absolute atomic E-state index is 0.116. The molecule has 0 spiro atoms. The summed E-state index contributed by atoms with van der Waals surface area (Å²) in [7, 11) is -1.99. The lowest BCUT2D eigenvalue weighted by Crippen LogP contribution is -2.13. The summed E-state index contributed by atoms with van der Waals surface area (Å²) < 4.78 is 35.6. The Balaban J connectivity index is 1.27. The van der Waals surface area contributed by atoms with Crippen molar-refractivity contribution in [2.24, 2.45) is 7.05 Å². The maximum atomic E-state index is 13.0. The Morgan fingerprint density at radius 2 is 1.65 bits per heavy atom. The van der Waals surface area contributed by atoms with E-state index >= 15 is 0 Å². The monoisotopic (exact) mass is 509 g/mol. The van der Waals surface area contributed by atoms with Gasteiger partial charge in [-0.3, -0.25) is 19.4 Å². The second kappa shape index (κ2) is 8.95. The second-order valence-electron chi connectivity index (χ2n) is 8.32. The highest BCUT2D eigenvalue weighted by atomic mass is 32.2. The number of fused-ring (bicyclic) bond motifs is 1. The molecule has 0 fully saturated rings. The van der Waals surface area contributed by atoms with Crippen LogP contribution in [0.1, 0.15) is 0 Å². The highest BCUT2D eigenvalue weighted by Gasteiger charge is 2.16. The van der Waals surface area contributed by atoms with Gasteiger partial charge in [0.25, 0.3) is 10.0 Å². The highest BCUT2D eigenvalue weighted by Crippen LogP contribution is 2.27. The van der Waals surface area contributed by atoms with Gasteiger partial charge in [0.05, 0.1) is 52.1 Å². The minimum Gasteiger partial charge on any atom is -0.444 e. The Labute approximate surface area is 211 Å². The number of anilines is 1. The summed E-state index contributed by atoms with van der Waals surface area (Å²) in [5.41, 5.74) is 5.66. The molecule has 182 valence electrons. The van der Waals surface area contributed by atoms with Crippen molar-refractivity contribution in [2.75, 3.05) is 4.72 Å². The number of aryl methyl sites for hydroxylation is 1. The zero-order valence-electron chi connectivity index (χ0n) is 19.5. The normalized spacial score (nSPS) is 11.6. The smallest absolute Gasteiger partial charge is 0.261 e. The predicted molar refractivity (Wildman–Crippen MR) is 138 cm³/mol. The molecule has 1 N–H and O–H groups in total. The van der Waals surface area contributed by atoms with Gasteiger partial charge < -0.3 is 4.42 Å². The van der Waals surface area contributed by atoms with E-state index in [-0.39, 0.29) is 4.90 Å². The van der Waals surface area contributed by atoms with E-state index in [1.807, 2.05) is 31.4 Å². The standard InChI is InChI=1S/C26H19N7O3S/c1-33-15-20(11-30-33)25-13-29-23-7-4-18(9-24(23)31-25)19-8-21(12-27-10-19)32-37(34,35)22-5-2-17(3-6-22)26-14-28-16-36-26/h2-16,32H,1H3. The fourth-order valence-corrected chi connectivity index (χ4v) is 4.94. The largest absolute Gasteiger partial charge is 0.444 e. The Bertz CT molecular complexity index is 1830. The van der Waals surface area contributed by atoms with Gasteiger partial charge in [0.1, 0.15) is 0 Å². The molecule has 11 heteroatoms. The van der Waals surface area contributed by atoms with E-state index in [1.54, 1.807) is 47.7 Å². The number of benzene rings is 2. The van der Waals surface area contributed by atoms with Crippen LogP contribution < -0.4 is 4.72 Å². The van der Waals surface area contributed by atoms with Crippen molar-refractivity contribution < 1.29 is 12.8 Å². The van der Waals surface area contributed by atoms with Crippen LogP contribution >= 0.6 is 0 Å². The average molecular weight is 510 g/mol. The SMILES string of the molecule is Cn1cc(-c2cnc3ccc(-c4cncc(NS(=O)(=O)c5ccc(-c6cnco6)cc5)c4)cc3n2)cn1. The Morgan fingerprint density at radius 3 is 2.41 bits per heavy atom. The first-order chi connectivity index (χ1) is 17.9. The van der Waals surface area contributed by atoms with Gasteiger partial charge in [0, 0.05) is 36.1 Å². The van der Waals surface area contributed by atoms with Crippen LogP contribution in [-0.4, -0.2) is 38.1 Å². The van der Waals surface area contributed by atoms with Crippen LogP contribution in [0.15, 0.2) is 101 Å². The molecule has 6 aromatic rings. The third-order valence-electron chi connectivity index (χ3n) is 5.75. The van der Waals surface area contributed by atoms with Crippen LogP contribution in [0.2, 0.25) is 0 Å². The number of hydrogen-bond acceptors (Lipinski definition) is 8. The Hall–Kier alpha value is -4.90. The second-order valence-corrected chi connectivity index (χ2v) is 10.0. The number of hydrogen-bond donors (Lipinski definition) is 1. The van der Waals surface area contributed by atoms with E-state index in [4.69, 9.17) is 9.40 Å². The van der Waals surface area contributed by atoms with Crippen molar-refractivity contribution in [1.29, 1.82) is 0 Å². The summed E-state index contributed by atoms with van der Waals surface area (Å²) in [5.74, 6) is 0.557. The van der Waals surface area contributed by atoms with Gasteiger partial charge in [-0.1, -0.05) is 6.07 Å². The van der Waals surface area contributed by atoms with Crippen molar-refractivity contribution >= 4 is 26.7 Å². The lowest BCUT2D eigenvalue weighted by molar-refractivity contribution is 0.572. The predicted octanol–water partition coefficient (Wildman–Crippen LogP) is 4.55. The number of nitrogens with one attached hydrogen (secondary N) is 1.